The van der Waals surface area contributed by atoms with Crippen molar-refractivity contribution in [3.63, 3.8) is 0 Å². The minimum Gasteiger partial charge on any atom is -0.491 e. The second-order valence-electron chi connectivity index (χ2n) is 3.92. The maximum atomic E-state index is 12.9. The van der Waals surface area contributed by atoms with Crippen LogP contribution in [0.4, 0.5) is 10.1 Å². The summed E-state index contributed by atoms with van der Waals surface area (Å²) in [5, 5.41) is 11.3. The van der Waals surface area contributed by atoms with Crippen LogP contribution in [-0.2, 0) is 0 Å². The molecule has 0 spiro atoms. The molecule has 0 fully saturated rings. The Bertz CT molecular complexity index is 587. The molecule has 1 heterocycles. The lowest BCUT2D eigenvalue weighted by molar-refractivity contribution is 0.102. The molecule has 1 amide bonds. The van der Waals surface area contributed by atoms with Gasteiger partial charge in [-0.15, -0.1) is 0 Å². The second-order valence-corrected chi connectivity index (χ2v) is 3.92. The van der Waals surface area contributed by atoms with E-state index in [0.29, 0.717) is 11.4 Å². The maximum Gasteiger partial charge on any atom is 0.255 e. The molecule has 0 aliphatic rings. The molecule has 0 saturated heterocycles. The van der Waals surface area contributed by atoms with Crippen molar-refractivity contribution in [1.29, 1.82) is 0 Å². The zero-order chi connectivity index (χ0) is 14.4. The van der Waals surface area contributed by atoms with Gasteiger partial charge in [-0.25, -0.2) is 4.98 Å². The molecule has 2 N–H and O–H groups in total. The van der Waals surface area contributed by atoms with E-state index in [9.17, 15) is 9.18 Å². The zero-order valence-corrected chi connectivity index (χ0v) is 10.5. The molecule has 1 aromatic carbocycles. The first-order valence-corrected chi connectivity index (χ1v) is 5.95. The number of rotatable bonds is 5. The summed E-state index contributed by atoms with van der Waals surface area (Å²) < 4.78 is 18.1. The summed E-state index contributed by atoms with van der Waals surface area (Å²) in [6.07, 6.45) is 1.23. The summed E-state index contributed by atoms with van der Waals surface area (Å²) in [4.78, 5) is 15.2. The molecule has 20 heavy (non-hydrogen) atoms. The highest BCUT2D eigenvalue weighted by Gasteiger charge is 2.07. The fraction of sp³-hybridized carbons (Fsp3) is 0.143. The molecule has 2 aromatic rings. The summed E-state index contributed by atoms with van der Waals surface area (Å²) in [6.45, 7) is 0.147. The molecule has 2 rings (SSSR count). The number of amides is 1. The highest BCUT2D eigenvalue weighted by atomic mass is 19.1. The smallest absolute Gasteiger partial charge is 0.255 e. The monoisotopic (exact) mass is 276 g/mol. The van der Waals surface area contributed by atoms with Crippen LogP contribution in [0.5, 0.6) is 5.75 Å². The van der Waals surface area contributed by atoms with Gasteiger partial charge in [0.2, 0.25) is 5.95 Å². The van der Waals surface area contributed by atoms with Crippen LogP contribution in [0.2, 0.25) is 0 Å². The minimum atomic E-state index is -0.703. The number of ether oxygens (including phenoxy) is 1. The van der Waals surface area contributed by atoms with E-state index in [4.69, 9.17) is 9.84 Å². The van der Waals surface area contributed by atoms with E-state index in [0.717, 1.165) is 6.07 Å². The second kappa shape index (κ2) is 6.63. The molecule has 5 nitrogen and oxygen atoms in total. The molecule has 1 aromatic heterocycles. The fourth-order valence-electron chi connectivity index (χ4n) is 1.54. The van der Waals surface area contributed by atoms with Crippen LogP contribution in [0.25, 0.3) is 0 Å². The topological polar surface area (TPSA) is 71.5 Å². The van der Waals surface area contributed by atoms with Crippen molar-refractivity contribution >= 4 is 11.6 Å². The lowest BCUT2D eigenvalue weighted by Crippen LogP contribution is -2.12. The first-order chi connectivity index (χ1) is 9.69. The first kappa shape index (κ1) is 14.0. The third-order valence-corrected chi connectivity index (χ3v) is 2.46. The quantitative estimate of drug-likeness (QED) is 0.817. The first-order valence-electron chi connectivity index (χ1n) is 5.95. The van der Waals surface area contributed by atoms with Crippen molar-refractivity contribution in [3.05, 3.63) is 54.1 Å². The Morgan fingerprint density at radius 3 is 2.70 bits per heavy atom. The molecule has 0 radical (unpaired) electrons. The lowest BCUT2D eigenvalue weighted by Gasteiger charge is -2.07. The largest absolute Gasteiger partial charge is 0.491 e. The van der Waals surface area contributed by atoms with Crippen LogP contribution in [0.15, 0.2) is 42.6 Å². The molecule has 104 valence electrons. The number of pyridine rings is 1. The third-order valence-electron chi connectivity index (χ3n) is 2.46. The fourth-order valence-corrected chi connectivity index (χ4v) is 1.54. The van der Waals surface area contributed by atoms with E-state index in [1.807, 2.05) is 0 Å². The van der Waals surface area contributed by atoms with Crippen molar-refractivity contribution in [1.82, 2.24) is 4.98 Å². The van der Waals surface area contributed by atoms with Crippen LogP contribution in [0, 0.1) is 5.95 Å². The van der Waals surface area contributed by atoms with E-state index in [2.05, 4.69) is 10.3 Å². The number of hydrogen-bond acceptors (Lipinski definition) is 4. The highest BCUT2D eigenvalue weighted by Crippen LogP contribution is 2.16. The molecular formula is C14H13FN2O3. The predicted molar refractivity (Wildman–Crippen MR) is 71.2 cm³/mol. The van der Waals surface area contributed by atoms with Gasteiger partial charge in [-0.1, -0.05) is 0 Å². The minimum absolute atomic E-state index is 0.0634. The molecule has 0 bridgehead atoms. The molecule has 6 heteroatoms. The lowest BCUT2D eigenvalue weighted by atomic mass is 10.2. The number of nitrogens with zero attached hydrogens (tertiary/aromatic N) is 1. The SMILES string of the molecule is O=C(Nc1ccc(OCCO)cc1)c1ccnc(F)c1. The average Bonchev–Trinajstić information content (AvgIpc) is 2.46. The van der Waals surface area contributed by atoms with Gasteiger partial charge in [0.05, 0.1) is 6.61 Å². The number of aliphatic hydroxyl groups excluding tert-OH is 1. The molecule has 0 aliphatic heterocycles. The number of nitrogens with one attached hydrogen (secondary N) is 1. The summed E-state index contributed by atoms with van der Waals surface area (Å²) >= 11 is 0. The van der Waals surface area contributed by atoms with E-state index in [1.54, 1.807) is 24.3 Å². The number of hydrogen-bond donors (Lipinski definition) is 2. The zero-order valence-electron chi connectivity index (χ0n) is 10.5. The molecule has 0 aliphatic carbocycles. The normalized spacial score (nSPS) is 10.1. The van der Waals surface area contributed by atoms with E-state index in [-0.39, 0.29) is 18.8 Å². The van der Waals surface area contributed by atoms with Gasteiger partial charge in [0, 0.05) is 23.5 Å². The number of halogens is 1. The summed E-state index contributed by atoms with van der Waals surface area (Å²) in [5.74, 6) is -0.535. The van der Waals surface area contributed by atoms with Crippen LogP contribution < -0.4 is 10.1 Å². The van der Waals surface area contributed by atoms with Crippen molar-refractivity contribution in [2.75, 3.05) is 18.5 Å². The summed E-state index contributed by atoms with van der Waals surface area (Å²) in [6, 6.07) is 9.13. The van der Waals surface area contributed by atoms with Crippen molar-refractivity contribution < 1.29 is 19.0 Å². The van der Waals surface area contributed by atoms with Crippen LogP contribution in [0.1, 0.15) is 10.4 Å². The molecule has 0 unspecified atom stereocenters. The molecule has 0 atom stereocenters. The Balaban J connectivity index is 2.01. The summed E-state index contributed by atoms with van der Waals surface area (Å²) in [7, 11) is 0. The number of aliphatic hydroxyl groups is 1. The van der Waals surface area contributed by atoms with Crippen LogP contribution in [0.3, 0.4) is 0 Å². The van der Waals surface area contributed by atoms with Crippen molar-refractivity contribution in [2.24, 2.45) is 0 Å². The highest BCUT2D eigenvalue weighted by molar-refractivity contribution is 6.04. The van der Waals surface area contributed by atoms with Gasteiger partial charge in [0.25, 0.3) is 5.91 Å². The van der Waals surface area contributed by atoms with Gasteiger partial charge < -0.3 is 15.2 Å². The Morgan fingerprint density at radius 1 is 1.30 bits per heavy atom. The number of benzene rings is 1. The van der Waals surface area contributed by atoms with E-state index >= 15 is 0 Å². The van der Waals surface area contributed by atoms with Gasteiger partial charge in [-0.3, -0.25) is 4.79 Å². The predicted octanol–water partition coefficient (Wildman–Crippen LogP) is 1.84. The van der Waals surface area contributed by atoms with Gasteiger partial charge in [-0.05, 0) is 30.3 Å². The van der Waals surface area contributed by atoms with Gasteiger partial charge in [0.15, 0.2) is 0 Å². The van der Waals surface area contributed by atoms with Crippen molar-refractivity contribution in [2.45, 2.75) is 0 Å². The number of aromatic nitrogens is 1. The Kier molecular flexibility index (Phi) is 4.62. The summed E-state index contributed by atoms with van der Waals surface area (Å²) in [5.41, 5.74) is 0.752. The molecular weight excluding hydrogens is 263 g/mol. The van der Waals surface area contributed by atoms with Gasteiger partial charge in [-0.2, -0.15) is 4.39 Å². The third kappa shape index (κ3) is 3.76. The average molecular weight is 276 g/mol. The van der Waals surface area contributed by atoms with Gasteiger partial charge in [0.1, 0.15) is 12.4 Å². The maximum absolute atomic E-state index is 12.9. The van der Waals surface area contributed by atoms with E-state index in [1.165, 1.54) is 12.3 Å². The number of anilines is 1. The van der Waals surface area contributed by atoms with Crippen LogP contribution >= 0.6 is 0 Å². The standard InChI is InChI=1S/C14H13FN2O3/c15-13-9-10(5-6-16-13)14(19)17-11-1-3-12(4-2-11)20-8-7-18/h1-6,9,18H,7-8H2,(H,17,19). The Hall–Kier alpha value is -2.47. The number of carbonyl (C=O) groups excluding carboxylic acids is 1. The Morgan fingerprint density at radius 2 is 2.05 bits per heavy atom. The van der Waals surface area contributed by atoms with Crippen LogP contribution in [-0.4, -0.2) is 29.2 Å². The van der Waals surface area contributed by atoms with Crippen molar-refractivity contribution in [3.8, 4) is 5.75 Å². The van der Waals surface area contributed by atoms with Gasteiger partial charge >= 0.3 is 0 Å². The molecule has 0 saturated carbocycles. The Labute approximate surface area is 115 Å². The van der Waals surface area contributed by atoms with E-state index < -0.39 is 11.9 Å². The number of carbonyl (C=O) groups is 1.